The predicted octanol–water partition coefficient (Wildman–Crippen LogP) is 1.76. The first-order chi connectivity index (χ1) is 7.14. The lowest BCUT2D eigenvalue weighted by atomic mass is 9.67. The zero-order valence-electron chi connectivity index (χ0n) is 9.42. The van der Waals surface area contributed by atoms with Gasteiger partial charge in [-0.25, -0.2) is 0 Å². The van der Waals surface area contributed by atoms with E-state index in [0.717, 1.165) is 45.2 Å². The molecule has 0 aromatic carbocycles. The van der Waals surface area contributed by atoms with Gasteiger partial charge in [-0.05, 0) is 25.7 Å². The molecule has 2 fully saturated rings. The summed E-state index contributed by atoms with van der Waals surface area (Å²) < 4.78 is 0. The zero-order chi connectivity index (χ0) is 10.9. The van der Waals surface area contributed by atoms with Gasteiger partial charge >= 0.3 is 0 Å². The van der Waals surface area contributed by atoms with E-state index in [2.05, 4.69) is 0 Å². The monoisotopic (exact) mass is 209 g/mol. The summed E-state index contributed by atoms with van der Waals surface area (Å²) in [5, 5.41) is 0. The van der Waals surface area contributed by atoms with Gasteiger partial charge in [0.25, 0.3) is 0 Å². The molecule has 1 saturated carbocycles. The van der Waals surface area contributed by atoms with Gasteiger partial charge in [0.15, 0.2) is 0 Å². The Bertz CT molecular complexity index is 277. The van der Waals surface area contributed by atoms with Crippen molar-refractivity contribution in [2.45, 2.75) is 45.4 Å². The lowest BCUT2D eigenvalue weighted by Crippen LogP contribution is -2.47. The van der Waals surface area contributed by atoms with Crippen molar-refractivity contribution in [3.8, 4) is 0 Å². The number of Topliss-reactive ketones (excluding diaryl/α,β-unsaturated/α-hetero) is 1. The van der Waals surface area contributed by atoms with E-state index in [9.17, 15) is 9.59 Å². The topological polar surface area (TPSA) is 37.4 Å². The van der Waals surface area contributed by atoms with E-state index in [1.807, 2.05) is 4.90 Å². The van der Waals surface area contributed by atoms with E-state index in [-0.39, 0.29) is 11.3 Å². The Hall–Kier alpha value is -0.860. The third-order valence-corrected chi connectivity index (χ3v) is 4.07. The molecular weight excluding hydrogens is 190 g/mol. The standard InChI is InChI=1S/C12H19NO2/c1-10(14)13-8-6-12(7-9-13)5-3-2-4-11(12)15/h2-9H2,1H3. The molecule has 84 valence electrons. The number of nitrogens with zero attached hydrogens (tertiary/aromatic N) is 1. The third-order valence-electron chi connectivity index (χ3n) is 4.07. The number of hydrogen-bond acceptors (Lipinski definition) is 2. The maximum absolute atomic E-state index is 11.9. The van der Waals surface area contributed by atoms with Crippen LogP contribution in [0, 0.1) is 5.41 Å². The zero-order valence-corrected chi connectivity index (χ0v) is 9.42. The minimum atomic E-state index is -0.0514. The van der Waals surface area contributed by atoms with E-state index in [1.54, 1.807) is 6.92 Å². The first-order valence-electron chi connectivity index (χ1n) is 5.93. The average molecular weight is 209 g/mol. The molecule has 1 aliphatic heterocycles. The Kier molecular flexibility index (Phi) is 2.81. The number of carbonyl (C=O) groups is 2. The molecule has 15 heavy (non-hydrogen) atoms. The second-order valence-electron chi connectivity index (χ2n) is 4.92. The van der Waals surface area contributed by atoms with Crippen LogP contribution in [0.25, 0.3) is 0 Å². The summed E-state index contributed by atoms with van der Waals surface area (Å²) in [6.45, 7) is 3.17. The van der Waals surface area contributed by atoms with Crippen LogP contribution in [0.2, 0.25) is 0 Å². The normalized spacial score (nSPS) is 25.7. The fourth-order valence-electron chi connectivity index (χ4n) is 2.93. The SMILES string of the molecule is CC(=O)N1CCC2(CCCCC2=O)CC1. The van der Waals surface area contributed by atoms with Crippen molar-refractivity contribution in [1.82, 2.24) is 4.90 Å². The van der Waals surface area contributed by atoms with Gasteiger partial charge in [0.2, 0.25) is 5.91 Å². The highest BCUT2D eigenvalue weighted by molar-refractivity contribution is 5.86. The minimum absolute atomic E-state index is 0.0514. The molecule has 0 N–H and O–H groups in total. The van der Waals surface area contributed by atoms with Gasteiger partial charge in [-0.1, -0.05) is 6.42 Å². The molecule has 3 nitrogen and oxygen atoms in total. The summed E-state index contributed by atoms with van der Waals surface area (Å²) in [7, 11) is 0. The molecule has 1 spiro atoms. The van der Waals surface area contributed by atoms with Crippen LogP contribution in [0.5, 0.6) is 0 Å². The van der Waals surface area contributed by atoms with E-state index in [4.69, 9.17) is 0 Å². The summed E-state index contributed by atoms with van der Waals surface area (Å²) in [4.78, 5) is 25.0. The first kappa shape index (κ1) is 10.7. The summed E-state index contributed by atoms with van der Waals surface area (Å²) in [6.07, 6.45) is 5.86. The molecule has 0 aromatic rings. The Morgan fingerprint density at radius 1 is 1.20 bits per heavy atom. The van der Waals surface area contributed by atoms with Crippen LogP contribution in [-0.4, -0.2) is 29.7 Å². The summed E-state index contributed by atoms with van der Waals surface area (Å²) in [6, 6.07) is 0. The summed E-state index contributed by atoms with van der Waals surface area (Å²) in [5.74, 6) is 0.602. The Labute approximate surface area is 90.8 Å². The van der Waals surface area contributed by atoms with Crippen LogP contribution >= 0.6 is 0 Å². The molecule has 0 radical (unpaired) electrons. The fraction of sp³-hybridized carbons (Fsp3) is 0.833. The Balaban J connectivity index is 2.01. The summed E-state index contributed by atoms with van der Waals surface area (Å²) in [5.41, 5.74) is -0.0514. The van der Waals surface area contributed by atoms with Crippen molar-refractivity contribution in [3.05, 3.63) is 0 Å². The maximum Gasteiger partial charge on any atom is 0.219 e. The van der Waals surface area contributed by atoms with E-state index < -0.39 is 0 Å². The summed E-state index contributed by atoms with van der Waals surface area (Å²) >= 11 is 0. The van der Waals surface area contributed by atoms with Gasteiger partial charge in [0.1, 0.15) is 5.78 Å². The molecule has 3 heteroatoms. The van der Waals surface area contributed by atoms with E-state index in [1.165, 1.54) is 6.42 Å². The van der Waals surface area contributed by atoms with Gasteiger partial charge in [-0.3, -0.25) is 9.59 Å². The average Bonchev–Trinajstić information content (AvgIpc) is 2.23. The van der Waals surface area contributed by atoms with Gasteiger partial charge in [-0.2, -0.15) is 0 Å². The molecular formula is C12H19NO2. The number of likely N-dealkylation sites (tertiary alicyclic amines) is 1. The van der Waals surface area contributed by atoms with Gasteiger partial charge in [-0.15, -0.1) is 0 Å². The Morgan fingerprint density at radius 3 is 2.40 bits per heavy atom. The number of rotatable bonds is 0. The fourth-order valence-corrected chi connectivity index (χ4v) is 2.93. The van der Waals surface area contributed by atoms with Crippen LogP contribution in [-0.2, 0) is 9.59 Å². The second-order valence-corrected chi connectivity index (χ2v) is 4.92. The number of hydrogen-bond donors (Lipinski definition) is 0. The maximum atomic E-state index is 11.9. The predicted molar refractivity (Wildman–Crippen MR) is 57.4 cm³/mol. The molecule has 1 amide bonds. The largest absolute Gasteiger partial charge is 0.343 e. The van der Waals surface area contributed by atoms with Gasteiger partial charge in [0.05, 0.1) is 0 Å². The smallest absolute Gasteiger partial charge is 0.219 e. The molecule has 2 aliphatic rings. The molecule has 2 rings (SSSR count). The number of ketones is 1. The van der Waals surface area contributed by atoms with Crippen LogP contribution in [0.1, 0.15) is 45.4 Å². The molecule has 0 unspecified atom stereocenters. The molecule has 0 atom stereocenters. The van der Waals surface area contributed by atoms with E-state index in [0.29, 0.717) is 5.78 Å². The minimum Gasteiger partial charge on any atom is -0.343 e. The number of amides is 1. The van der Waals surface area contributed by atoms with Crippen molar-refractivity contribution in [2.75, 3.05) is 13.1 Å². The van der Waals surface area contributed by atoms with E-state index >= 15 is 0 Å². The second kappa shape index (κ2) is 3.95. The number of piperidine rings is 1. The van der Waals surface area contributed by atoms with Crippen molar-refractivity contribution < 1.29 is 9.59 Å². The molecule has 1 aliphatic carbocycles. The lowest BCUT2D eigenvalue weighted by Gasteiger charge is -2.42. The van der Waals surface area contributed by atoms with Crippen molar-refractivity contribution in [1.29, 1.82) is 0 Å². The molecule has 1 saturated heterocycles. The number of carbonyl (C=O) groups excluding carboxylic acids is 2. The van der Waals surface area contributed by atoms with Gasteiger partial charge in [0, 0.05) is 31.8 Å². The van der Waals surface area contributed by atoms with Crippen LogP contribution in [0.15, 0.2) is 0 Å². The van der Waals surface area contributed by atoms with Crippen molar-refractivity contribution in [3.63, 3.8) is 0 Å². The molecule has 1 heterocycles. The highest BCUT2D eigenvalue weighted by atomic mass is 16.2. The van der Waals surface area contributed by atoms with Crippen molar-refractivity contribution >= 4 is 11.7 Å². The van der Waals surface area contributed by atoms with Crippen molar-refractivity contribution in [2.24, 2.45) is 5.41 Å². The van der Waals surface area contributed by atoms with Crippen LogP contribution < -0.4 is 0 Å². The Morgan fingerprint density at radius 2 is 1.87 bits per heavy atom. The van der Waals surface area contributed by atoms with Crippen LogP contribution in [0.3, 0.4) is 0 Å². The van der Waals surface area contributed by atoms with Crippen LogP contribution in [0.4, 0.5) is 0 Å². The quantitative estimate of drug-likeness (QED) is 0.609. The first-order valence-corrected chi connectivity index (χ1v) is 5.93. The van der Waals surface area contributed by atoms with Gasteiger partial charge < -0.3 is 4.90 Å². The molecule has 0 aromatic heterocycles. The highest BCUT2D eigenvalue weighted by Crippen LogP contribution is 2.41. The lowest BCUT2D eigenvalue weighted by molar-refractivity contribution is -0.140. The highest BCUT2D eigenvalue weighted by Gasteiger charge is 2.42. The third kappa shape index (κ3) is 1.92. The molecule has 0 bridgehead atoms.